The number of hydrogen-bond acceptors (Lipinski definition) is 5. The maximum absolute atomic E-state index is 5.50. The van der Waals surface area contributed by atoms with E-state index in [9.17, 15) is 0 Å². The van der Waals surface area contributed by atoms with Crippen molar-refractivity contribution in [3.8, 4) is 11.4 Å². The third kappa shape index (κ3) is 6.51. The fraction of sp³-hybridized carbons (Fsp3) is 0.538. The van der Waals surface area contributed by atoms with Gasteiger partial charge in [-0.05, 0) is 37.4 Å². The molecule has 174 valence electrons. The zero-order chi connectivity index (χ0) is 22.2. The van der Waals surface area contributed by atoms with Crippen molar-refractivity contribution >= 4 is 25.6 Å². The molecule has 0 saturated carbocycles. The Morgan fingerprint density at radius 2 is 1.91 bits per heavy atom. The van der Waals surface area contributed by atoms with Gasteiger partial charge in [0, 0.05) is 0 Å². The van der Waals surface area contributed by atoms with Gasteiger partial charge in [-0.25, -0.2) is 0 Å². The molecule has 2 fully saturated rings. The van der Waals surface area contributed by atoms with E-state index in [2.05, 4.69) is 53.4 Å². The minimum atomic E-state index is -0.939. The molecule has 2 aliphatic rings. The molecule has 0 spiro atoms. The molecule has 1 aromatic heterocycles. The van der Waals surface area contributed by atoms with Crippen LogP contribution in [0.15, 0.2) is 40.6 Å². The molecule has 32 heavy (non-hydrogen) atoms. The fourth-order valence-electron chi connectivity index (χ4n) is 4.36. The van der Waals surface area contributed by atoms with Crippen LogP contribution in [0.1, 0.15) is 49.1 Å². The van der Waals surface area contributed by atoms with Crippen molar-refractivity contribution in [1.82, 2.24) is 15.3 Å². The number of piperidine rings is 1. The van der Waals surface area contributed by atoms with Gasteiger partial charge in [-0.3, -0.25) is 0 Å². The number of aromatic nitrogens is 2. The van der Waals surface area contributed by atoms with Crippen LogP contribution in [-0.2, 0) is 4.74 Å². The number of nitrogens with one attached hydrogen (secondary N) is 2. The second-order valence-corrected chi connectivity index (χ2v) is 15.0. The number of hydrogen-bond donors (Lipinski definition) is 2. The van der Waals surface area contributed by atoms with Crippen LogP contribution >= 0.6 is 19.8 Å². The number of nitrogens with zero attached hydrogens (tertiary/aromatic N) is 2. The number of rotatable bonds is 9. The molecule has 0 amide bonds. The van der Waals surface area contributed by atoms with E-state index in [-0.39, 0.29) is 0 Å². The second-order valence-electron chi connectivity index (χ2n) is 8.72. The summed E-state index contributed by atoms with van der Waals surface area (Å²) < 4.78 is 9.65. The van der Waals surface area contributed by atoms with Gasteiger partial charge >= 0.3 is 158 Å². The summed E-state index contributed by atoms with van der Waals surface area (Å²) in [6, 6.07) is 8.88. The number of allylic oxidation sites excluding steroid dienone is 1. The Balaban J connectivity index is 1.27. The first-order valence-electron chi connectivity index (χ1n) is 12.0. The second kappa shape index (κ2) is 12.1. The van der Waals surface area contributed by atoms with Crippen molar-refractivity contribution in [2.75, 3.05) is 47.0 Å². The van der Waals surface area contributed by atoms with Crippen LogP contribution in [0.25, 0.3) is 11.4 Å². The molecule has 0 unspecified atom stereocenters. The van der Waals surface area contributed by atoms with Crippen LogP contribution in [0, 0.1) is 6.92 Å². The summed E-state index contributed by atoms with van der Waals surface area (Å²) in [7, 11) is 0. The van der Waals surface area contributed by atoms with Crippen LogP contribution in [0.2, 0.25) is 0 Å². The fourth-order valence-corrected chi connectivity index (χ4v) is 9.26. The maximum atomic E-state index is 5.50. The van der Waals surface area contributed by atoms with E-state index >= 15 is 0 Å². The molecule has 0 atom stereocenters. The third-order valence-electron chi connectivity index (χ3n) is 6.40. The van der Waals surface area contributed by atoms with Crippen molar-refractivity contribution in [2.45, 2.75) is 44.9 Å². The molecule has 2 aromatic rings. The number of anilines is 1. The summed E-state index contributed by atoms with van der Waals surface area (Å²) in [5.41, 5.74) is 3.62. The van der Waals surface area contributed by atoms with Crippen LogP contribution in [0.5, 0.6) is 0 Å². The molecule has 2 aliphatic heterocycles. The van der Waals surface area contributed by atoms with E-state index in [1.807, 2.05) is 6.20 Å². The van der Waals surface area contributed by atoms with E-state index in [1.165, 1.54) is 40.1 Å². The number of ether oxygens (including phenoxy) is 1. The summed E-state index contributed by atoms with van der Waals surface area (Å²) in [4.78, 5) is 9.43. The average molecular weight is 549 g/mol. The Morgan fingerprint density at radius 3 is 2.66 bits per heavy atom. The van der Waals surface area contributed by atoms with Gasteiger partial charge in [-0.15, -0.1) is 0 Å². The van der Waals surface area contributed by atoms with Gasteiger partial charge in [0.15, 0.2) is 0 Å². The zero-order valence-electron chi connectivity index (χ0n) is 19.3. The topological polar surface area (TPSA) is 59.1 Å². The SMILES string of the molecule is C=C(CCCCNc1nc(-c2ccc(C3CCNCC3)cc2)ncc1C)I1CCOCC1. The van der Waals surface area contributed by atoms with E-state index in [1.54, 1.807) is 3.58 Å². The molecule has 2 N–H and O–H groups in total. The van der Waals surface area contributed by atoms with Crippen LogP contribution in [0.3, 0.4) is 0 Å². The molecule has 6 heteroatoms. The van der Waals surface area contributed by atoms with Gasteiger partial charge in [-0.1, -0.05) is 0 Å². The Bertz CT molecular complexity index is 874. The van der Waals surface area contributed by atoms with E-state index < -0.39 is 19.8 Å². The molecule has 5 nitrogen and oxygen atoms in total. The van der Waals surface area contributed by atoms with Crippen LogP contribution in [-0.4, -0.2) is 51.7 Å². The standard InChI is InChI=1S/C26H37IN4O/c1-20-19-30-26(24-8-6-22(7-9-24)23-10-15-28-16-11-23)31-25(20)29-14-4-3-5-21(2)27-12-17-32-18-13-27/h6-9,19,23,28H,2-5,10-18H2,1H3,(H,29,30,31). The molecule has 2 saturated heterocycles. The Kier molecular flexibility index (Phi) is 8.93. The Morgan fingerprint density at radius 1 is 1.16 bits per heavy atom. The Hall–Kier alpha value is -1.51. The minimum absolute atomic E-state index is 0.673. The summed E-state index contributed by atoms with van der Waals surface area (Å²) in [6.07, 6.45) is 7.91. The average Bonchev–Trinajstić information content (AvgIpc) is 2.86. The van der Waals surface area contributed by atoms with E-state index in [0.29, 0.717) is 5.92 Å². The van der Waals surface area contributed by atoms with Gasteiger partial charge in [0.2, 0.25) is 0 Å². The van der Waals surface area contributed by atoms with Crippen LogP contribution in [0.4, 0.5) is 5.82 Å². The molecule has 3 heterocycles. The third-order valence-corrected chi connectivity index (χ3v) is 12.6. The molecule has 0 aliphatic carbocycles. The van der Waals surface area contributed by atoms with Crippen LogP contribution < -0.4 is 10.6 Å². The first-order chi connectivity index (χ1) is 15.7. The van der Waals surface area contributed by atoms with Gasteiger partial charge in [0.1, 0.15) is 0 Å². The van der Waals surface area contributed by atoms with Gasteiger partial charge in [-0.2, -0.15) is 0 Å². The molecular formula is C26H37IN4O. The monoisotopic (exact) mass is 548 g/mol. The van der Waals surface area contributed by atoms with E-state index in [0.717, 1.165) is 62.0 Å². The number of benzene rings is 1. The van der Waals surface area contributed by atoms with Crippen molar-refractivity contribution in [1.29, 1.82) is 0 Å². The van der Waals surface area contributed by atoms with Crippen molar-refractivity contribution < 1.29 is 4.74 Å². The van der Waals surface area contributed by atoms with Crippen molar-refractivity contribution in [3.05, 3.63) is 51.7 Å². The number of aryl methyl sites for hydroxylation is 1. The predicted molar refractivity (Wildman–Crippen MR) is 143 cm³/mol. The Labute approximate surface area is 200 Å². The first-order valence-corrected chi connectivity index (χ1v) is 16.1. The normalized spacial score (nSPS) is 18.5. The number of alkyl halides is 2. The predicted octanol–water partition coefficient (Wildman–Crippen LogP) is 5.55. The van der Waals surface area contributed by atoms with Crippen molar-refractivity contribution in [3.63, 3.8) is 0 Å². The summed E-state index contributed by atoms with van der Waals surface area (Å²) in [5.74, 6) is 2.43. The number of unbranched alkanes of at least 4 members (excludes halogenated alkanes) is 1. The molecule has 0 bridgehead atoms. The number of halogens is 1. The molecular weight excluding hydrogens is 511 g/mol. The summed E-state index contributed by atoms with van der Waals surface area (Å²) in [5, 5.41) is 6.99. The van der Waals surface area contributed by atoms with Gasteiger partial charge in [0.25, 0.3) is 0 Å². The molecule has 1 aromatic carbocycles. The summed E-state index contributed by atoms with van der Waals surface area (Å²) in [6.45, 7) is 11.6. The first kappa shape index (κ1) is 23.6. The molecule has 0 radical (unpaired) electrons. The van der Waals surface area contributed by atoms with Gasteiger partial charge < -0.3 is 5.32 Å². The van der Waals surface area contributed by atoms with Crippen molar-refractivity contribution in [2.24, 2.45) is 0 Å². The van der Waals surface area contributed by atoms with E-state index in [4.69, 9.17) is 9.72 Å². The van der Waals surface area contributed by atoms with Gasteiger partial charge in [0.05, 0.1) is 0 Å². The molecule has 4 rings (SSSR count). The quantitative estimate of drug-likeness (QED) is 0.245. The zero-order valence-corrected chi connectivity index (χ0v) is 21.5. The summed E-state index contributed by atoms with van der Waals surface area (Å²) >= 11 is -0.939.